The molecule has 0 fully saturated rings. The van der Waals surface area contributed by atoms with Crippen LogP contribution in [0.15, 0.2) is 53.0 Å². The first kappa shape index (κ1) is 13.2. The van der Waals surface area contributed by atoms with E-state index in [1.807, 2.05) is 37.4 Å². The molecular formula is C15H15BrFN. The van der Waals surface area contributed by atoms with E-state index < -0.39 is 0 Å². The molecule has 0 saturated carbocycles. The van der Waals surface area contributed by atoms with E-state index in [-0.39, 0.29) is 5.82 Å². The Bertz CT molecular complexity index is 480. The normalized spacial score (nSPS) is 10.9. The molecule has 2 rings (SSSR count). The lowest BCUT2D eigenvalue weighted by Gasteiger charge is -2.18. The third kappa shape index (κ3) is 3.40. The molecule has 0 aliphatic carbocycles. The van der Waals surface area contributed by atoms with E-state index in [0.29, 0.717) is 6.54 Å². The van der Waals surface area contributed by atoms with Crippen LogP contribution in [0.3, 0.4) is 0 Å². The lowest BCUT2D eigenvalue weighted by atomic mass is 10.1. The fraction of sp³-hybridized carbons (Fsp3) is 0.200. The number of nitrogens with zero attached hydrogens (tertiary/aromatic N) is 1. The fourth-order valence-electron chi connectivity index (χ4n) is 1.89. The van der Waals surface area contributed by atoms with Gasteiger partial charge in [-0.3, -0.25) is 4.90 Å². The largest absolute Gasteiger partial charge is 0.298 e. The van der Waals surface area contributed by atoms with Gasteiger partial charge in [0.1, 0.15) is 5.82 Å². The summed E-state index contributed by atoms with van der Waals surface area (Å²) in [4.78, 5) is 2.10. The Hall–Kier alpha value is -1.19. The van der Waals surface area contributed by atoms with Gasteiger partial charge in [0.15, 0.2) is 0 Å². The molecule has 0 aromatic heterocycles. The van der Waals surface area contributed by atoms with Crippen molar-refractivity contribution in [1.29, 1.82) is 0 Å². The Morgan fingerprint density at radius 1 is 0.944 bits per heavy atom. The highest BCUT2D eigenvalue weighted by molar-refractivity contribution is 9.10. The molecule has 0 unspecified atom stereocenters. The first-order valence-electron chi connectivity index (χ1n) is 5.82. The average Bonchev–Trinajstić information content (AvgIpc) is 2.35. The molecule has 0 heterocycles. The summed E-state index contributed by atoms with van der Waals surface area (Å²) < 4.78 is 14.6. The van der Waals surface area contributed by atoms with Gasteiger partial charge in [0, 0.05) is 23.1 Å². The summed E-state index contributed by atoms with van der Waals surface area (Å²) in [6.07, 6.45) is 0. The minimum absolute atomic E-state index is 0.142. The molecule has 0 aliphatic heterocycles. The molecule has 0 amide bonds. The summed E-state index contributed by atoms with van der Waals surface area (Å²) in [5.74, 6) is -0.142. The summed E-state index contributed by atoms with van der Waals surface area (Å²) in [5.41, 5.74) is 1.93. The van der Waals surface area contributed by atoms with Crippen LogP contribution in [0.5, 0.6) is 0 Å². The van der Waals surface area contributed by atoms with E-state index in [2.05, 4.69) is 26.9 Å². The van der Waals surface area contributed by atoms with Gasteiger partial charge >= 0.3 is 0 Å². The van der Waals surface area contributed by atoms with Crippen molar-refractivity contribution >= 4 is 15.9 Å². The zero-order valence-corrected chi connectivity index (χ0v) is 11.8. The quantitative estimate of drug-likeness (QED) is 0.817. The molecule has 0 spiro atoms. The Labute approximate surface area is 115 Å². The zero-order chi connectivity index (χ0) is 13.0. The van der Waals surface area contributed by atoms with Crippen LogP contribution in [0.2, 0.25) is 0 Å². The predicted octanol–water partition coefficient (Wildman–Crippen LogP) is 4.22. The van der Waals surface area contributed by atoms with Gasteiger partial charge in [-0.05, 0) is 24.7 Å². The van der Waals surface area contributed by atoms with Crippen molar-refractivity contribution in [1.82, 2.24) is 4.90 Å². The molecule has 0 N–H and O–H groups in total. The van der Waals surface area contributed by atoms with Gasteiger partial charge in [-0.25, -0.2) is 4.39 Å². The summed E-state index contributed by atoms with van der Waals surface area (Å²) in [6.45, 7) is 1.39. The number of benzene rings is 2. The van der Waals surface area contributed by atoms with Crippen molar-refractivity contribution in [3.63, 3.8) is 0 Å². The lowest BCUT2D eigenvalue weighted by Crippen LogP contribution is -2.18. The van der Waals surface area contributed by atoms with Crippen LogP contribution in [0.4, 0.5) is 4.39 Å². The van der Waals surface area contributed by atoms with Crippen LogP contribution in [-0.2, 0) is 13.1 Å². The first-order chi connectivity index (χ1) is 8.66. The van der Waals surface area contributed by atoms with Gasteiger partial charge in [-0.15, -0.1) is 0 Å². The summed E-state index contributed by atoms with van der Waals surface area (Å²) in [5, 5.41) is 0. The maximum Gasteiger partial charge on any atom is 0.127 e. The molecule has 18 heavy (non-hydrogen) atoms. The molecule has 94 valence electrons. The second-order valence-electron chi connectivity index (χ2n) is 4.36. The topological polar surface area (TPSA) is 3.24 Å². The SMILES string of the molecule is CN(Cc1ccccc1F)Cc1ccccc1Br. The fourth-order valence-corrected chi connectivity index (χ4v) is 2.30. The molecule has 0 radical (unpaired) electrons. The maximum atomic E-state index is 13.5. The van der Waals surface area contributed by atoms with Gasteiger partial charge in [0.05, 0.1) is 0 Å². The molecule has 0 bridgehead atoms. The second-order valence-corrected chi connectivity index (χ2v) is 5.21. The molecule has 2 aromatic rings. The van der Waals surface area contributed by atoms with E-state index in [1.165, 1.54) is 11.6 Å². The second kappa shape index (κ2) is 6.12. The summed E-state index contributed by atoms with van der Waals surface area (Å²) in [6, 6.07) is 15.0. The Balaban J connectivity index is 2.04. The standard InChI is InChI=1S/C15H15BrFN/c1-18(10-12-6-2-4-8-14(12)16)11-13-7-3-5-9-15(13)17/h2-9H,10-11H2,1H3. The van der Waals surface area contributed by atoms with Gasteiger partial charge < -0.3 is 0 Å². The number of rotatable bonds is 4. The molecule has 0 aliphatic rings. The monoisotopic (exact) mass is 307 g/mol. The van der Waals surface area contributed by atoms with Gasteiger partial charge in [-0.2, -0.15) is 0 Å². The van der Waals surface area contributed by atoms with Crippen LogP contribution >= 0.6 is 15.9 Å². The van der Waals surface area contributed by atoms with Crippen molar-refractivity contribution in [2.75, 3.05) is 7.05 Å². The van der Waals surface area contributed by atoms with Crippen molar-refractivity contribution in [3.8, 4) is 0 Å². The highest BCUT2D eigenvalue weighted by atomic mass is 79.9. The van der Waals surface area contributed by atoms with Crippen molar-refractivity contribution in [2.45, 2.75) is 13.1 Å². The molecule has 0 saturated heterocycles. The first-order valence-corrected chi connectivity index (χ1v) is 6.61. The minimum Gasteiger partial charge on any atom is -0.298 e. The third-order valence-electron chi connectivity index (χ3n) is 2.80. The summed E-state index contributed by atoms with van der Waals surface area (Å²) >= 11 is 3.52. The van der Waals surface area contributed by atoms with E-state index >= 15 is 0 Å². The number of hydrogen-bond acceptors (Lipinski definition) is 1. The highest BCUT2D eigenvalue weighted by Crippen LogP contribution is 2.18. The van der Waals surface area contributed by atoms with Crippen molar-refractivity contribution in [3.05, 3.63) is 69.9 Å². The van der Waals surface area contributed by atoms with Gasteiger partial charge in [-0.1, -0.05) is 52.3 Å². The lowest BCUT2D eigenvalue weighted by molar-refractivity contribution is 0.313. The van der Waals surface area contributed by atoms with Crippen LogP contribution in [-0.4, -0.2) is 11.9 Å². The van der Waals surface area contributed by atoms with E-state index in [0.717, 1.165) is 16.6 Å². The molecule has 3 heteroatoms. The Kier molecular flexibility index (Phi) is 4.50. The molecule has 0 atom stereocenters. The van der Waals surface area contributed by atoms with E-state index in [9.17, 15) is 4.39 Å². The number of hydrogen-bond donors (Lipinski definition) is 0. The molecule has 1 nitrogen and oxygen atoms in total. The van der Waals surface area contributed by atoms with E-state index in [1.54, 1.807) is 6.07 Å². The predicted molar refractivity (Wildman–Crippen MR) is 75.7 cm³/mol. The van der Waals surface area contributed by atoms with Crippen molar-refractivity contribution in [2.24, 2.45) is 0 Å². The highest BCUT2D eigenvalue weighted by Gasteiger charge is 2.07. The average molecular weight is 308 g/mol. The summed E-state index contributed by atoms with van der Waals surface area (Å²) in [7, 11) is 1.99. The van der Waals surface area contributed by atoms with Crippen LogP contribution in [0, 0.1) is 5.82 Å². The molecule has 2 aromatic carbocycles. The van der Waals surface area contributed by atoms with Crippen LogP contribution < -0.4 is 0 Å². The Morgan fingerprint density at radius 3 is 2.17 bits per heavy atom. The van der Waals surface area contributed by atoms with Crippen LogP contribution in [0.1, 0.15) is 11.1 Å². The zero-order valence-electron chi connectivity index (χ0n) is 10.2. The van der Waals surface area contributed by atoms with Crippen LogP contribution in [0.25, 0.3) is 0 Å². The van der Waals surface area contributed by atoms with Crippen molar-refractivity contribution < 1.29 is 4.39 Å². The van der Waals surface area contributed by atoms with Gasteiger partial charge in [0.2, 0.25) is 0 Å². The molecular weight excluding hydrogens is 293 g/mol. The third-order valence-corrected chi connectivity index (χ3v) is 3.57. The van der Waals surface area contributed by atoms with Gasteiger partial charge in [0.25, 0.3) is 0 Å². The minimum atomic E-state index is -0.142. The smallest absolute Gasteiger partial charge is 0.127 e. The maximum absolute atomic E-state index is 13.5. The Morgan fingerprint density at radius 2 is 1.50 bits per heavy atom. The number of halogens is 2. The van der Waals surface area contributed by atoms with E-state index in [4.69, 9.17) is 0 Å².